The summed E-state index contributed by atoms with van der Waals surface area (Å²) in [6, 6.07) is 4.30. The first-order chi connectivity index (χ1) is 7.63. The summed E-state index contributed by atoms with van der Waals surface area (Å²) in [7, 11) is 0. The highest BCUT2D eigenvalue weighted by molar-refractivity contribution is 5.21. The van der Waals surface area contributed by atoms with Gasteiger partial charge in [-0.05, 0) is 31.5 Å². The molecular formula is C13H22N2O. The number of hydrogen-bond donors (Lipinski definition) is 1. The van der Waals surface area contributed by atoms with Gasteiger partial charge >= 0.3 is 0 Å². The van der Waals surface area contributed by atoms with Crippen molar-refractivity contribution in [1.82, 2.24) is 10.3 Å². The van der Waals surface area contributed by atoms with Crippen LogP contribution in [0.3, 0.4) is 0 Å². The number of ether oxygens (including phenoxy) is 1. The van der Waals surface area contributed by atoms with Crippen molar-refractivity contribution in [2.24, 2.45) is 5.92 Å². The van der Waals surface area contributed by atoms with Crippen molar-refractivity contribution in [3.63, 3.8) is 0 Å². The van der Waals surface area contributed by atoms with E-state index in [1.807, 2.05) is 12.1 Å². The van der Waals surface area contributed by atoms with Gasteiger partial charge in [-0.15, -0.1) is 0 Å². The van der Waals surface area contributed by atoms with E-state index in [-0.39, 0.29) is 0 Å². The number of aromatic nitrogens is 1. The highest BCUT2D eigenvalue weighted by Gasteiger charge is 2.05. The molecule has 1 heterocycles. The van der Waals surface area contributed by atoms with E-state index in [4.69, 9.17) is 4.74 Å². The fourth-order valence-electron chi connectivity index (χ4n) is 1.41. The van der Waals surface area contributed by atoms with Crippen LogP contribution in [-0.2, 0) is 0 Å². The number of nitrogens with zero attached hydrogens (tertiary/aromatic N) is 1. The average molecular weight is 222 g/mol. The minimum absolute atomic E-state index is 0.296. The van der Waals surface area contributed by atoms with Gasteiger partial charge in [0.2, 0.25) is 0 Å². The molecule has 0 aliphatic carbocycles. The largest absolute Gasteiger partial charge is 0.492 e. The Morgan fingerprint density at radius 3 is 2.56 bits per heavy atom. The third-order valence-corrected chi connectivity index (χ3v) is 2.30. The van der Waals surface area contributed by atoms with Crippen molar-refractivity contribution < 1.29 is 4.74 Å². The molecule has 3 heteroatoms. The van der Waals surface area contributed by atoms with Crippen LogP contribution in [0.25, 0.3) is 0 Å². The molecule has 0 bridgehead atoms. The Bertz CT molecular complexity index is 295. The smallest absolute Gasteiger partial charge is 0.137 e. The third-order valence-electron chi connectivity index (χ3n) is 2.30. The normalized spacial score (nSPS) is 12.8. The van der Waals surface area contributed by atoms with Crippen molar-refractivity contribution in [2.45, 2.75) is 33.7 Å². The molecule has 3 nitrogen and oxygen atoms in total. The summed E-state index contributed by atoms with van der Waals surface area (Å²) in [6.45, 7) is 10.2. The van der Waals surface area contributed by atoms with Gasteiger partial charge in [-0.2, -0.15) is 0 Å². The highest BCUT2D eigenvalue weighted by atomic mass is 16.5. The summed E-state index contributed by atoms with van der Waals surface area (Å²) < 4.78 is 5.58. The number of nitrogens with one attached hydrogen (secondary N) is 1. The molecule has 90 valence electrons. The first-order valence-corrected chi connectivity index (χ1v) is 5.95. The monoisotopic (exact) mass is 222 g/mol. The molecule has 0 aromatic carbocycles. The van der Waals surface area contributed by atoms with Gasteiger partial charge in [0.25, 0.3) is 0 Å². The summed E-state index contributed by atoms with van der Waals surface area (Å²) >= 11 is 0. The zero-order valence-corrected chi connectivity index (χ0v) is 10.7. The summed E-state index contributed by atoms with van der Waals surface area (Å²) in [6.07, 6.45) is 1.80. The topological polar surface area (TPSA) is 34.1 Å². The molecule has 0 fully saturated rings. The molecule has 1 aromatic rings. The van der Waals surface area contributed by atoms with E-state index in [1.54, 1.807) is 6.20 Å². The maximum Gasteiger partial charge on any atom is 0.137 e. The lowest BCUT2D eigenvalue weighted by atomic mass is 10.2. The van der Waals surface area contributed by atoms with Crippen molar-refractivity contribution >= 4 is 0 Å². The van der Waals surface area contributed by atoms with E-state index in [0.29, 0.717) is 12.0 Å². The van der Waals surface area contributed by atoms with Crippen molar-refractivity contribution in [3.8, 4) is 5.75 Å². The second-order valence-electron chi connectivity index (χ2n) is 4.40. The minimum Gasteiger partial charge on any atom is -0.492 e. The molecule has 1 rings (SSSR count). The summed E-state index contributed by atoms with van der Waals surface area (Å²) in [5.41, 5.74) is 1.05. The first-order valence-electron chi connectivity index (χ1n) is 5.95. The van der Waals surface area contributed by atoms with Crippen LogP contribution in [0.2, 0.25) is 0 Å². The molecule has 0 aliphatic rings. The van der Waals surface area contributed by atoms with Gasteiger partial charge in [-0.25, -0.2) is 0 Å². The van der Waals surface area contributed by atoms with E-state index >= 15 is 0 Å². The molecule has 1 unspecified atom stereocenters. The van der Waals surface area contributed by atoms with E-state index in [2.05, 4.69) is 38.0 Å². The summed E-state index contributed by atoms with van der Waals surface area (Å²) in [5.74, 6) is 1.39. The number of rotatable bonds is 6. The number of hydrogen-bond acceptors (Lipinski definition) is 3. The fourth-order valence-corrected chi connectivity index (χ4v) is 1.41. The molecular weight excluding hydrogens is 200 g/mol. The van der Waals surface area contributed by atoms with Gasteiger partial charge in [0.1, 0.15) is 5.75 Å². The molecule has 0 aliphatic heterocycles. The maximum absolute atomic E-state index is 5.58. The van der Waals surface area contributed by atoms with Crippen molar-refractivity contribution in [3.05, 3.63) is 24.0 Å². The lowest BCUT2D eigenvalue weighted by Gasteiger charge is -2.13. The van der Waals surface area contributed by atoms with E-state index in [9.17, 15) is 0 Å². The van der Waals surface area contributed by atoms with Crippen LogP contribution >= 0.6 is 0 Å². The zero-order chi connectivity index (χ0) is 12.0. The molecule has 0 spiro atoms. The Kier molecular flexibility index (Phi) is 5.26. The highest BCUT2D eigenvalue weighted by Crippen LogP contribution is 2.14. The average Bonchev–Trinajstić information content (AvgIpc) is 2.27. The third kappa shape index (κ3) is 4.19. The Hall–Kier alpha value is -1.09. The van der Waals surface area contributed by atoms with E-state index in [0.717, 1.165) is 24.6 Å². The van der Waals surface area contributed by atoms with Crippen LogP contribution in [0.15, 0.2) is 18.3 Å². The lowest BCUT2D eigenvalue weighted by Crippen LogP contribution is -2.18. The van der Waals surface area contributed by atoms with Crippen molar-refractivity contribution in [1.29, 1.82) is 0 Å². The van der Waals surface area contributed by atoms with Crippen LogP contribution < -0.4 is 10.1 Å². The molecule has 1 aromatic heterocycles. The van der Waals surface area contributed by atoms with Crippen LogP contribution in [0, 0.1) is 5.92 Å². The van der Waals surface area contributed by atoms with Crippen LogP contribution in [0.1, 0.15) is 39.4 Å². The maximum atomic E-state index is 5.58. The Morgan fingerprint density at radius 2 is 2.06 bits per heavy atom. The second-order valence-corrected chi connectivity index (χ2v) is 4.40. The molecule has 0 radical (unpaired) electrons. The van der Waals surface area contributed by atoms with Crippen LogP contribution in [0.5, 0.6) is 5.75 Å². The molecule has 0 saturated carbocycles. The Labute approximate surface area is 98.2 Å². The summed E-state index contributed by atoms with van der Waals surface area (Å²) in [5, 5.41) is 3.33. The predicted octanol–water partition coefficient (Wildman–Crippen LogP) is 2.79. The first kappa shape index (κ1) is 13.0. The van der Waals surface area contributed by atoms with Crippen LogP contribution in [-0.4, -0.2) is 18.1 Å². The van der Waals surface area contributed by atoms with Gasteiger partial charge in [-0.3, -0.25) is 4.98 Å². The summed E-state index contributed by atoms with van der Waals surface area (Å²) in [4.78, 5) is 4.39. The molecule has 0 saturated heterocycles. The Balaban J connectivity index is 2.53. The van der Waals surface area contributed by atoms with Gasteiger partial charge < -0.3 is 10.1 Å². The van der Waals surface area contributed by atoms with E-state index in [1.165, 1.54) is 0 Å². The lowest BCUT2D eigenvalue weighted by molar-refractivity contribution is 0.270. The minimum atomic E-state index is 0.296. The quantitative estimate of drug-likeness (QED) is 0.803. The standard InChI is InChI=1S/C13H22N2O/c1-5-14-11(4)13-7-6-12(8-15-13)16-9-10(2)3/h6-8,10-11,14H,5,9H2,1-4H3. The SMILES string of the molecule is CCNC(C)c1ccc(OCC(C)C)cn1. The molecule has 1 N–H and O–H groups in total. The van der Waals surface area contributed by atoms with Gasteiger partial charge in [-0.1, -0.05) is 20.8 Å². The molecule has 16 heavy (non-hydrogen) atoms. The van der Waals surface area contributed by atoms with Gasteiger partial charge in [0.05, 0.1) is 18.5 Å². The molecule has 1 atom stereocenters. The predicted molar refractivity (Wildman–Crippen MR) is 66.7 cm³/mol. The number of pyridine rings is 1. The second kappa shape index (κ2) is 6.48. The molecule has 0 amide bonds. The fraction of sp³-hybridized carbons (Fsp3) is 0.615. The van der Waals surface area contributed by atoms with Gasteiger partial charge in [0, 0.05) is 6.04 Å². The Morgan fingerprint density at radius 1 is 1.31 bits per heavy atom. The van der Waals surface area contributed by atoms with E-state index < -0.39 is 0 Å². The zero-order valence-electron chi connectivity index (χ0n) is 10.7. The van der Waals surface area contributed by atoms with Gasteiger partial charge in [0.15, 0.2) is 0 Å². The van der Waals surface area contributed by atoms with Crippen molar-refractivity contribution in [2.75, 3.05) is 13.2 Å². The van der Waals surface area contributed by atoms with Crippen LogP contribution in [0.4, 0.5) is 0 Å².